The van der Waals surface area contributed by atoms with Gasteiger partial charge in [-0.2, -0.15) is 15.8 Å². The Balaban J connectivity index is 1.16. The molecule has 0 N–H and O–H groups in total. The monoisotopic (exact) mass is 889 g/mol. The summed E-state index contributed by atoms with van der Waals surface area (Å²) in [5, 5.41) is 43.8. The molecule has 4 aromatic heterocycles. The minimum Gasteiger partial charge on any atom is -0.309 e. The molecule has 0 aliphatic carbocycles. The number of fused-ring (bicyclic) bond motifs is 12. The van der Waals surface area contributed by atoms with E-state index in [1.807, 2.05) is 91.0 Å². The number of aromatic nitrogens is 4. The molecule has 14 rings (SSSR count). The van der Waals surface area contributed by atoms with Gasteiger partial charge in [-0.3, -0.25) is 0 Å². The number of rotatable bonds is 5. The van der Waals surface area contributed by atoms with Crippen molar-refractivity contribution in [2.75, 3.05) is 0 Å². The molecule has 0 amide bonds. The van der Waals surface area contributed by atoms with Crippen molar-refractivity contribution >= 4 is 87.2 Å². The Morgan fingerprint density at radius 3 is 1.06 bits per heavy atom. The van der Waals surface area contributed by atoms with Crippen molar-refractivity contribution in [3.05, 3.63) is 229 Å². The fourth-order valence-corrected chi connectivity index (χ4v) is 11.5. The summed E-state index contributed by atoms with van der Waals surface area (Å²) >= 11 is 0. The Morgan fingerprint density at radius 1 is 0.271 bits per heavy atom. The van der Waals surface area contributed by atoms with Crippen molar-refractivity contribution in [3.8, 4) is 52.1 Å². The van der Waals surface area contributed by atoms with E-state index in [4.69, 9.17) is 0 Å². The quantitative estimate of drug-likeness (QED) is 0.172. The molecule has 70 heavy (non-hydrogen) atoms. The van der Waals surface area contributed by atoms with Gasteiger partial charge in [-0.1, -0.05) is 152 Å². The lowest BCUT2D eigenvalue weighted by Gasteiger charge is -2.23. The molecule has 0 spiro atoms. The summed E-state index contributed by atoms with van der Waals surface area (Å²) in [6.45, 7) is 0. The van der Waals surface area contributed by atoms with Crippen molar-refractivity contribution in [3.63, 3.8) is 0 Å². The van der Waals surface area contributed by atoms with Crippen molar-refractivity contribution in [2.24, 2.45) is 0 Å². The highest BCUT2D eigenvalue weighted by atomic mass is 15.1. The first-order valence-electron chi connectivity index (χ1n) is 23.2. The van der Waals surface area contributed by atoms with Crippen LogP contribution in [-0.4, -0.2) is 18.3 Å². The number of nitriles is 3. The molecule has 0 atom stereocenters. The topological polar surface area (TPSA) is 91.1 Å². The van der Waals surface area contributed by atoms with E-state index in [1.54, 1.807) is 0 Å². The van der Waals surface area contributed by atoms with Crippen LogP contribution in [0.15, 0.2) is 212 Å². The molecule has 7 nitrogen and oxygen atoms in total. The molecule has 0 radical (unpaired) electrons. The predicted molar refractivity (Wildman–Crippen MR) is 283 cm³/mol. The first-order chi connectivity index (χ1) is 34.7. The second-order valence-corrected chi connectivity index (χ2v) is 17.7. The summed E-state index contributed by atoms with van der Waals surface area (Å²) in [6, 6.07) is 80.6. The zero-order valence-electron chi connectivity index (χ0n) is 37.3. The Morgan fingerprint density at radius 2 is 0.614 bits per heavy atom. The van der Waals surface area contributed by atoms with Crippen LogP contribution in [-0.2, 0) is 0 Å². The molecule has 4 heterocycles. The van der Waals surface area contributed by atoms with E-state index < -0.39 is 0 Å². The molecule has 0 unspecified atom stereocenters. The number of para-hydroxylation sites is 7. The van der Waals surface area contributed by atoms with E-state index in [9.17, 15) is 15.8 Å². The minimum atomic E-state index is 0.214. The van der Waals surface area contributed by atoms with Gasteiger partial charge in [0.25, 0.3) is 0 Å². The predicted octanol–water partition coefficient (Wildman–Crippen LogP) is 15.4. The molecule has 0 fully saturated rings. The summed E-state index contributed by atoms with van der Waals surface area (Å²) in [5.41, 5.74) is 12.2. The molecular weight excluding hydrogens is 855 g/mol. The van der Waals surface area contributed by atoms with E-state index >= 15 is 0 Å². The largest absolute Gasteiger partial charge is 0.309 e. The van der Waals surface area contributed by atoms with Gasteiger partial charge in [0.2, 0.25) is 0 Å². The molecule has 10 aromatic carbocycles. The SMILES string of the molecule is N#Cc1c(-n2c3ccccc3c3ccccc32)c(C#N)c(-n2c3ccccc3c3c(-c4ccc5c6ccccc6n(-c6ccccc6)c5c4)cccc32)c(C#N)c1-n1c2ccccc2c2ccccc21. The van der Waals surface area contributed by atoms with E-state index in [0.717, 1.165) is 98.7 Å². The molecule has 0 saturated carbocycles. The van der Waals surface area contributed by atoms with Crippen molar-refractivity contribution in [2.45, 2.75) is 0 Å². The number of hydrogen-bond donors (Lipinski definition) is 0. The van der Waals surface area contributed by atoms with Crippen LogP contribution in [0, 0.1) is 34.0 Å². The number of benzene rings is 10. The van der Waals surface area contributed by atoms with Crippen LogP contribution < -0.4 is 0 Å². The maximum absolute atomic E-state index is 11.9. The third-order valence-electron chi connectivity index (χ3n) is 14.3. The van der Waals surface area contributed by atoms with E-state index in [-0.39, 0.29) is 16.7 Å². The van der Waals surface area contributed by atoms with Gasteiger partial charge in [0.1, 0.15) is 34.9 Å². The van der Waals surface area contributed by atoms with Crippen LogP contribution in [0.1, 0.15) is 16.7 Å². The number of nitrogens with zero attached hydrogens (tertiary/aromatic N) is 7. The van der Waals surface area contributed by atoms with Gasteiger partial charge in [-0.25, -0.2) is 0 Å². The van der Waals surface area contributed by atoms with E-state index in [1.165, 1.54) is 5.39 Å². The van der Waals surface area contributed by atoms with E-state index in [0.29, 0.717) is 17.1 Å². The van der Waals surface area contributed by atoms with Crippen LogP contribution in [0.5, 0.6) is 0 Å². The summed E-state index contributed by atoms with van der Waals surface area (Å²) in [6.07, 6.45) is 0. The lowest BCUT2D eigenvalue weighted by atomic mass is 9.96. The summed E-state index contributed by atoms with van der Waals surface area (Å²) in [5.74, 6) is 0. The summed E-state index contributed by atoms with van der Waals surface area (Å²) in [4.78, 5) is 0. The molecule has 0 saturated heterocycles. The van der Waals surface area contributed by atoms with Crippen LogP contribution in [0.3, 0.4) is 0 Å². The van der Waals surface area contributed by atoms with Gasteiger partial charge in [0.15, 0.2) is 0 Å². The minimum absolute atomic E-state index is 0.214. The van der Waals surface area contributed by atoms with Crippen molar-refractivity contribution < 1.29 is 0 Å². The molecule has 0 aliphatic rings. The van der Waals surface area contributed by atoms with Gasteiger partial charge in [-0.15, -0.1) is 0 Å². The average Bonchev–Trinajstić information content (AvgIpc) is 4.15. The third kappa shape index (κ3) is 5.25. The Kier molecular flexibility index (Phi) is 8.34. The standard InChI is InChI=1S/C63H35N7/c64-36-49-61(68-53-27-11-5-19-42(53)43-20-6-12-28-54(43)68)50(37-65)63(51(38-66)62(49)69-55-29-13-7-21-44(55)45-22-8-14-30-56(45)69)70-57-31-15-9-24-48(57)60-41(25-16-32-58(60)70)39-33-34-47-46-23-4-10-26-52(46)67(59(47)35-39)40-17-2-1-3-18-40/h1-35H. The Hall–Kier alpha value is -10.1. The molecule has 7 heteroatoms. The first-order valence-corrected chi connectivity index (χ1v) is 23.2. The molecule has 14 aromatic rings. The van der Waals surface area contributed by atoms with Gasteiger partial charge in [-0.05, 0) is 71.8 Å². The molecule has 0 aliphatic heterocycles. The van der Waals surface area contributed by atoms with Gasteiger partial charge in [0.05, 0.1) is 61.2 Å². The fourth-order valence-electron chi connectivity index (χ4n) is 11.5. The maximum atomic E-state index is 11.9. The van der Waals surface area contributed by atoms with Crippen LogP contribution in [0.4, 0.5) is 0 Å². The van der Waals surface area contributed by atoms with Crippen molar-refractivity contribution in [1.29, 1.82) is 15.8 Å². The second kappa shape index (κ2) is 14.9. The lowest BCUT2D eigenvalue weighted by molar-refractivity contribution is 1.06. The second-order valence-electron chi connectivity index (χ2n) is 17.7. The van der Waals surface area contributed by atoms with Crippen LogP contribution in [0.25, 0.3) is 121 Å². The smallest absolute Gasteiger partial charge is 0.104 e. The highest BCUT2D eigenvalue weighted by Gasteiger charge is 2.33. The lowest BCUT2D eigenvalue weighted by Crippen LogP contribution is -2.14. The Labute approximate surface area is 400 Å². The van der Waals surface area contributed by atoms with Crippen molar-refractivity contribution in [1.82, 2.24) is 18.3 Å². The summed E-state index contributed by atoms with van der Waals surface area (Å²) < 4.78 is 8.55. The zero-order chi connectivity index (χ0) is 46.6. The highest BCUT2D eigenvalue weighted by Crippen LogP contribution is 2.47. The van der Waals surface area contributed by atoms with Gasteiger partial charge >= 0.3 is 0 Å². The van der Waals surface area contributed by atoms with Crippen LogP contribution >= 0.6 is 0 Å². The van der Waals surface area contributed by atoms with Gasteiger partial charge in [0, 0.05) is 48.8 Å². The maximum Gasteiger partial charge on any atom is 0.104 e. The first kappa shape index (κ1) is 39.1. The van der Waals surface area contributed by atoms with Crippen LogP contribution in [0.2, 0.25) is 0 Å². The highest BCUT2D eigenvalue weighted by molar-refractivity contribution is 6.18. The van der Waals surface area contributed by atoms with Gasteiger partial charge < -0.3 is 18.3 Å². The summed E-state index contributed by atoms with van der Waals surface area (Å²) in [7, 11) is 0. The normalized spacial score (nSPS) is 11.7. The fraction of sp³-hybridized carbons (Fsp3) is 0. The molecular formula is C63H35N7. The zero-order valence-corrected chi connectivity index (χ0v) is 37.3. The van der Waals surface area contributed by atoms with E-state index in [2.05, 4.69) is 158 Å². The average molecular weight is 890 g/mol. The molecule has 322 valence electrons. The third-order valence-corrected chi connectivity index (χ3v) is 14.3. The molecule has 0 bridgehead atoms. The Bertz CT molecular complexity index is 4430. The number of hydrogen-bond acceptors (Lipinski definition) is 3.